The van der Waals surface area contributed by atoms with Crippen molar-refractivity contribution in [3.05, 3.63) is 35.1 Å². The molecule has 1 amide bonds. The van der Waals surface area contributed by atoms with Crippen molar-refractivity contribution in [1.29, 1.82) is 0 Å². The van der Waals surface area contributed by atoms with Gasteiger partial charge in [0.2, 0.25) is 5.91 Å². The van der Waals surface area contributed by atoms with Crippen molar-refractivity contribution in [2.75, 3.05) is 12.3 Å². The van der Waals surface area contributed by atoms with E-state index >= 15 is 0 Å². The van der Waals surface area contributed by atoms with E-state index < -0.39 is 5.91 Å². The van der Waals surface area contributed by atoms with Gasteiger partial charge in [-0.25, -0.2) is 4.39 Å². The number of halogens is 1. The quantitative estimate of drug-likeness (QED) is 0.742. The first-order valence-electron chi connectivity index (χ1n) is 4.51. The third-order valence-corrected chi connectivity index (χ3v) is 2.89. The normalized spacial score (nSPS) is 10.3. The second kappa shape index (κ2) is 5.72. The number of hydrogen-bond acceptors (Lipinski definition) is 3. The van der Waals surface area contributed by atoms with E-state index in [0.29, 0.717) is 23.4 Å². The summed E-state index contributed by atoms with van der Waals surface area (Å²) in [6.07, 6.45) is 0. The lowest BCUT2D eigenvalue weighted by molar-refractivity contribution is 0.1000. The van der Waals surface area contributed by atoms with Crippen molar-refractivity contribution in [2.24, 2.45) is 11.5 Å². The molecule has 0 heterocycles. The second-order valence-corrected chi connectivity index (χ2v) is 4.12. The van der Waals surface area contributed by atoms with Crippen molar-refractivity contribution < 1.29 is 9.18 Å². The molecule has 3 nitrogen and oxygen atoms in total. The number of primary amides is 1. The molecule has 0 saturated heterocycles. The molecular weight excluding hydrogens is 215 g/mol. The second-order valence-electron chi connectivity index (χ2n) is 3.01. The predicted molar refractivity (Wildman–Crippen MR) is 60.1 cm³/mol. The summed E-state index contributed by atoms with van der Waals surface area (Å²) >= 11 is 1.52. The number of carbonyl (C=O) groups excluding carboxylic acids is 1. The van der Waals surface area contributed by atoms with Crippen LogP contribution in [0.4, 0.5) is 4.39 Å². The Kier molecular flexibility index (Phi) is 4.58. The highest BCUT2D eigenvalue weighted by Crippen LogP contribution is 2.16. The Morgan fingerprint density at radius 1 is 1.47 bits per heavy atom. The Morgan fingerprint density at radius 2 is 2.20 bits per heavy atom. The fourth-order valence-corrected chi connectivity index (χ4v) is 1.86. The van der Waals surface area contributed by atoms with E-state index in [2.05, 4.69) is 0 Å². The monoisotopic (exact) mass is 228 g/mol. The molecule has 0 spiro atoms. The van der Waals surface area contributed by atoms with E-state index in [4.69, 9.17) is 11.5 Å². The summed E-state index contributed by atoms with van der Waals surface area (Å²) in [4.78, 5) is 10.9. The zero-order valence-corrected chi connectivity index (χ0v) is 9.02. The highest BCUT2D eigenvalue weighted by atomic mass is 32.2. The number of benzene rings is 1. The minimum atomic E-state index is -0.542. The van der Waals surface area contributed by atoms with Crippen molar-refractivity contribution in [3.8, 4) is 0 Å². The van der Waals surface area contributed by atoms with Crippen LogP contribution in [0.25, 0.3) is 0 Å². The Hall–Kier alpha value is -1.07. The van der Waals surface area contributed by atoms with Crippen LogP contribution < -0.4 is 11.5 Å². The van der Waals surface area contributed by atoms with Crippen LogP contribution in [0.3, 0.4) is 0 Å². The van der Waals surface area contributed by atoms with E-state index in [0.717, 1.165) is 5.75 Å². The smallest absolute Gasteiger partial charge is 0.248 e. The third kappa shape index (κ3) is 3.53. The van der Waals surface area contributed by atoms with Crippen molar-refractivity contribution in [3.63, 3.8) is 0 Å². The third-order valence-electron chi connectivity index (χ3n) is 1.85. The van der Waals surface area contributed by atoms with Crippen LogP contribution in [0.15, 0.2) is 18.2 Å². The maximum Gasteiger partial charge on any atom is 0.248 e. The highest BCUT2D eigenvalue weighted by molar-refractivity contribution is 7.98. The van der Waals surface area contributed by atoms with Crippen LogP contribution in [-0.4, -0.2) is 18.2 Å². The molecule has 0 saturated carbocycles. The molecule has 82 valence electrons. The number of carbonyl (C=O) groups is 1. The molecule has 0 aromatic heterocycles. The molecule has 1 rings (SSSR count). The summed E-state index contributed by atoms with van der Waals surface area (Å²) in [5, 5.41) is 0. The summed E-state index contributed by atoms with van der Waals surface area (Å²) in [7, 11) is 0. The van der Waals surface area contributed by atoms with Gasteiger partial charge >= 0.3 is 0 Å². The lowest BCUT2D eigenvalue weighted by Crippen LogP contribution is -2.11. The molecule has 0 aliphatic carbocycles. The predicted octanol–water partition coefficient (Wildman–Crippen LogP) is 1.12. The molecule has 0 fully saturated rings. The van der Waals surface area contributed by atoms with Gasteiger partial charge in [0.25, 0.3) is 0 Å². The van der Waals surface area contributed by atoms with E-state index in [-0.39, 0.29) is 5.82 Å². The molecule has 0 bridgehead atoms. The van der Waals surface area contributed by atoms with Crippen molar-refractivity contribution >= 4 is 17.7 Å². The average molecular weight is 228 g/mol. The maximum atomic E-state index is 13.3. The first-order valence-corrected chi connectivity index (χ1v) is 5.66. The van der Waals surface area contributed by atoms with Crippen LogP contribution in [0.2, 0.25) is 0 Å². The molecule has 1 aromatic rings. The SMILES string of the molecule is NCCSCc1cc(C(N)=O)ccc1F. The lowest BCUT2D eigenvalue weighted by Gasteiger charge is -2.04. The average Bonchev–Trinajstić information content (AvgIpc) is 2.20. The van der Waals surface area contributed by atoms with Gasteiger partial charge in [-0.1, -0.05) is 0 Å². The minimum Gasteiger partial charge on any atom is -0.366 e. The zero-order chi connectivity index (χ0) is 11.3. The van der Waals surface area contributed by atoms with Crippen LogP contribution in [0.5, 0.6) is 0 Å². The molecule has 0 radical (unpaired) electrons. The molecule has 0 atom stereocenters. The summed E-state index contributed by atoms with van der Waals surface area (Å²) in [5.74, 6) is 0.411. The van der Waals surface area contributed by atoms with Crippen molar-refractivity contribution in [2.45, 2.75) is 5.75 Å². The first kappa shape index (κ1) is 12.0. The van der Waals surface area contributed by atoms with Crippen LogP contribution in [0.1, 0.15) is 15.9 Å². The molecule has 0 unspecified atom stereocenters. The summed E-state index contributed by atoms with van der Waals surface area (Å²) in [6, 6.07) is 4.13. The number of rotatable bonds is 5. The van der Waals surface area contributed by atoms with Gasteiger partial charge in [0, 0.05) is 23.6 Å². The van der Waals surface area contributed by atoms with E-state index in [1.807, 2.05) is 0 Å². The summed E-state index contributed by atoms with van der Waals surface area (Å²) in [5.41, 5.74) is 11.2. The van der Waals surface area contributed by atoms with Crippen LogP contribution >= 0.6 is 11.8 Å². The van der Waals surface area contributed by atoms with Gasteiger partial charge in [0.15, 0.2) is 0 Å². The van der Waals surface area contributed by atoms with Gasteiger partial charge in [-0.2, -0.15) is 11.8 Å². The van der Waals surface area contributed by atoms with E-state index in [9.17, 15) is 9.18 Å². The fourth-order valence-electron chi connectivity index (χ4n) is 1.10. The minimum absolute atomic E-state index is 0.315. The molecule has 15 heavy (non-hydrogen) atoms. The molecule has 0 aliphatic rings. The summed E-state index contributed by atoms with van der Waals surface area (Å²) < 4.78 is 13.3. The Balaban J connectivity index is 2.76. The number of thioether (sulfide) groups is 1. The topological polar surface area (TPSA) is 69.1 Å². The number of amides is 1. The molecule has 0 aliphatic heterocycles. The maximum absolute atomic E-state index is 13.3. The highest BCUT2D eigenvalue weighted by Gasteiger charge is 2.06. The molecule has 5 heteroatoms. The van der Waals surface area contributed by atoms with Crippen molar-refractivity contribution in [1.82, 2.24) is 0 Å². The Morgan fingerprint density at radius 3 is 2.80 bits per heavy atom. The van der Waals surface area contributed by atoms with E-state index in [1.54, 1.807) is 0 Å². The number of nitrogens with two attached hydrogens (primary N) is 2. The van der Waals surface area contributed by atoms with Gasteiger partial charge in [0.1, 0.15) is 5.82 Å². The van der Waals surface area contributed by atoms with Gasteiger partial charge in [-0.15, -0.1) is 0 Å². The Bertz CT molecular complexity index is 357. The fraction of sp³-hybridized carbons (Fsp3) is 0.300. The lowest BCUT2D eigenvalue weighted by atomic mass is 10.1. The van der Waals surface area contributed by atoms with Crippen LogP contribution in [-0.2, 0) is 5.75 Å². The van der Waals surface area contributed by atoms with E-state index in [1.165, 1.54) is 30.0 Å². The van der Waals surface area contributed by atoms with Gasteiger partial charge < -0.3 is 11.5 Å². The van der Waals surface area contributed by atoms with Crippen LogP contribution in [0, 0.1) is 5.82 Å². The molecular formula is C10H13FN2OS. The zero-order valence-electron chi connectivity index (χ0n) is 8.20. The standard InChI is InChI=1S/C10H13FN2OS/c11-9-2-1-7(10(13)14)5-8(9)6-15-4-3-12/h1-2,5H,3-4,6,12H2,(H2,13,14). The first-order chi connectivity index (χ1) is 7.15. The summed E-state index contributed by atoms with van der Waals surface area (Å²) in [6.45, 7) is 0.557. The van der Waals surface area contributed by atoms with Gasteiger partial charge in [-0.05, 0) is 23.8 Å². The van der Waals surface area contributed by atoms with Gasteiger partial charge in [0.05, 0.1) is 0 Å². The van der Waals surface area contributed by atoms with Gasteiger partial charge in [-0.3, -0.25) is 4.79 Å². The molecule has 1 aromatic carbocycles. The molecule has 4 N–H and O–H groups in total. The Labute approximate surface area is 92.0 Å². The number of hydrogen-bond donors (Lipinski definition) is 2. The largest absolute Gasteiger partial charge is 0.366 e.